The quantitative estimate of drug-likeness (QED) is 0.814. The van der Waals surface area contributed by atoms with Crippen LogP contribution in [0.1, 0.15) is 6.42 Å². The van der Waals surface area contributed by atoms with Gasteiger partial charge in [-0.25, -0.2) is 0 Å². The number of hydrogen-bond acceptors (Lipinski definition) is 2. The van der Waals surface area contributed by atoms with Crippen molar-refractivity contribution in [3.63, 3.8) is 0 Å². The Hall–Kier alpha value is -0.540. The number of benzene rings is 1. The van der Waals surface area contributed by atoms with Crippen LogP contribution in [0.25, 0.3) is 0 Å². The SMILES string of the molecule is NC1CCN(c2ccccc2Br)C1. The number of rotatable bonds is 1. The van der Waals surface area contributed by atoms with Crippen molar-refractivity contribution >= 4 is 21.6 Å². The maximum absolute atomic E-state index is 5.86. The Morgan fingerprint density at radius 3 is 2.77 bits per heavy atom. The van der Waals surface area contributed by atoms with E-state index in [-0.39, 0.29) is 0 Å². The fraction of sp³-hybridized carbons (Fsp3) is 0.400. The van der Waals surface area contributed by atoms with Crippen LogP contribution in [0.15, 0.2) is 28.7 Å². The lowest BCUT2D eigenvalue weighted by atomic mass is 10.3. The van der Waals surface area contributed by atoms with E-state index < -0.39 is 0 Å². The van der Waals surface area contributed by atoms with Crippen LogP contribution in [0, 0.1) is 0 Å². The van der Waals surface area contributed by atoms with Crippen molar-refractivity contribution < 1.29 is 0 Å². The van der Waals surface area contributed by atoms with Gasteiger partial charge >= 0.3 is 0 Å². The Labute approximate surface area is 86.9 Å². The molecular weight excluding hydrogens is 228 g/mol. The monoisotopic (exact) mass is 240 g/mol. The molecule has 0 saturated carbocycles. The minimum absolute atomic E-state index is 0.340. The van der Waals surface area contributed by atoms with E-state index >= 15 is 0 Å². The van der Waals surface area contributed by atoms with Crippen molar-refractivity contribution in [1.29, 1.82) is 0 Å². The molecule has 0 aliphatic carbocycles. The molecule has 1 fully saturated rings. The summed E-state index contributed by atoms with van der Waals surface area (Å²) in [6.45, 7) is 2.05. The molecule has 2 nitrogen and oxygen atoms in total. The van der Waals surface area contributed by atoms with Gasteiger partial charge in [-0.1, -0.05) is 12.1 Å². The van der Waals surface area contributed by atoms with Gasteiger partial charge in [0.05, 0.1) is 5.69 Å². The summed E-state index contributed by atoms with van der Waals surface area (Å²) in [7, 11) is 0. The second-order valence-corrected chi connectivity index (χ2v) is 4.30. The third-order valence-corrected chi connectivity index (χ3v) is 3.09. The van der Waals surface area contributed by atoms with Gasteiger partial charge < -0.3 is 10.6 Å². The molecule has 0 spiro atoms. The van der Waals surface area contributed by atoms with Gasteiger partial charge in [-0.3, -0.25) is 0 Å². The molecule has 1 aliphatic rings. The average molecular weight is 241 g/mol. The highest BCUT2D eigenvalue weighted by Crippen LogP contribution is 2.27. The molecule has 1 aromatic carbocycles. The molecule has 0 aromatic heterocycles. The molecule has 3 heteroatoms. The number of nitrogens with two attached hydrogens (primary N) is 1. The van der Waals surface area contributed by atoms with Gasteiger partial charge in [0.2, 0.25) is 0 Å². The Balaban J connectivity index is 2.21. The number of nitrogens with zero attached hydrogens (tertiary/aromatic N) is 1. The minimum atomic E-state index is 0.340. The lowest BCUT2D eigenvalue weighted by Crippen LogP contribution is -2.26. The second-order valence-electron chi connectivity index (χ2n) is 3.45. The Bertz CT molecular complexity index is 301. The highest BCUT2D eigenvalue weighted by molar-refractivity contribution is 9.10. The summed E-state index contributed by atoms with van der Waals surface area (Å²) < 4.78 is 1.16. The van der Waals surface area contributed by atoms with E-state index in [1.165, 1.54) is 5.69 Å². The Morgan fingerprint density at radius 1 is 1.38 bits per heavy atom. The van der Waals surface area contributed by atoms with Gasteiger partial charge in [0, 0.05) is 23.6 Å². The van der Waals surface area contributed by atoms with Crippen LogP contribution in [-0.4, -0.2) is 19.1 Å². The van der Waals surface area contributed by atoms with Crippen molar-refractivity contribution in [3.8, 4) is 0 Å². The van der Waals surface area contributed by atoms with E-state index in [9.17, 15) is 0 Å². The predicted molar refractivity (Wildman–Crippen MR) is 58.9 cm³/mol. The fourth-order valence-corrected chi connectivity index (χ4v) is 2.25. The lowest BCUT2D eigenvalue weighted by molar-refractivity contribution is 0.752. The smallest absolute Gasteiger partial charge is 0.0511 e. The summed E-state index contributed by atoms with van der Waals surface area (Å²) in [4.78, 5) is 2.33. The van der Waals surface area contributed by atoms with Crippen LogP contribution >= 0.6 is 15.9 Å². The summed E-state index contributed by atoms with van der Waals surface area (Å²) in [6.07, 6.45) is 1.10. The van der Waals surface area contributed by atoms with E-state index in [1.807, 2.05) is 6.07 Å². The van der Waals surface area contributed by atoms with Crippen molar-refractivity contribution in [2.24, 2.45) is 5.73 Å². The van der Waals surface area contributed by atoms with Crippen LogP contribution in [0.2, 0.25) is 0 Å². The summed E-state index contributed by atoms with van der Waals surface area (Å²) in [5.74, 6) is 0. The fourth-order valence-electron chi connectivity index (χ4n) is 1.71. The van der Waals surface area contributed by atoms with E-state index in [2.05, 4.69) is 39.0 Å². The number of para-hydroxylation sites is 1. The van der Waals surface area contributed by atoms with Gasteiger partial charge in [-0.05, 0) is 34.5 Å². The highest BCUT2D eigenvalue weighted by atomic mass is 79.9. The standard InChI is InChI=1S/C10H13BrN2/c11-9-3-1-2-4-10(9)13-6-5-8(12)7-13/h1-4,8H,5-7,12H2. The molecule has 1 heterocycles. The zero-order chi connectivity index (χ0) is 9.26. The molecule has 0 amide bonds. The molecule has 1 unspecified atom stereocenters. The molecule has 0 bridgehead atoms. The largest absolute Gasteiger partial charge is 0.369 e. The van der Waals surface area contributed by atoms with Gasteiger partial charge in [0.1, 0.15) is 0 Å². The first-order valence-corrected chi connectivity index (χ1v) is 5.32. The van der Waals surface area contributed by atoms with Crippen LogP contribution in [-0.2, 0) is 0 Å². The zero-order valence-electron chi connectivity index (χ0n) is 7.41. The molecule has 1 aromatic rings. The third-order valence-electron chi connectivity index (χ3n) is 2.42. The van der Waals surface area contributed by atoms with Crippen molar-refractivity contribution in [3.05, 3.63) is 28.7 Å². The van der Waals surface area contributed by atoms with E-state index in [0.29, 0.717) is 6.04 Å². The van der Waals surface area contributed by atoms with Gasteiger partial charge in [-0.15, -0.1) is 0 Å². The molecular formula is C10H13BrN2. The first-order valence-electron chi connectivity index (χ1n) is 4.52. The minimum Gasteiger partial charge on any atom is -0.369 e. The molecule has 13 heavy (non-hydrogen) atoms. The summed E-state index contributed by atoms with van der Waals surface area (Å²) in [6, 6.07) is 8.63. The summed E-state index contributed by atoms with van der Waals surface area (Å²) >= 11 is 3.54. The maximum atomic E-state index is 5.86. The van der Waals surface area contributed by atoms with E-state index in [4.69, 9.17) is 5.73 Å². The zero-order valence-corrected chi connectivity index (χ0v) is 9.00. The number of anilines is 1. The molecule has 1 atom stereocenters. The van der Waals surface area contributed by atoms with Crippen LogP contribution in [0.4, 0.5) is 5.69 Å². The first kappa shape index (κ1) is 9.03. The normalized spacial score (nSPS) is 22.3. The summed E-state index contributed by atoms with van der Waals surface area (Å²) in [5.41, 5.74) is 7.12. The predicted octanol–water partition coefficient (Wildman–Crippen LogP) is 1.99. The van der Waals surface area contributed by atoms with E-state index in [0.717, 1.165) is 24.0 Å². The molecule has 70 valence electrons. The Morgan fingerprint density at radius 2 is 2.15 bits per heavy atom. The topological polar surface area (TPSA) is 29.3 Å². The van der Waals surface area contributed by atoms with Gasteiger partial charge in [0.15, 0.2) is 0 Å². The average Bonchev–Trinajstić information content (AvgIpc) is 2.53. The van der Waals surface area contributed by atoms with Gasteiger partial charge in [0.25, 0.3) is 0 Å². The second kappa shape index (κ2) is 3.68. The molecule has 2 N–H and O–H groups in total. The van der Waals surface area contributed by atoms with Crippen LogP contribution < -0.4 is 10.6 Å². The van der Waals surface area contributed by atoms with Crippen molar-refractivity contribution in [1.82, 2.24) is 0 Å². The van der Waals surface area contributed by atoms with E-state index in [1.54, 1.807) is 0 Å². The molecule has 1 saturated heterocycles. The Kier molecular flexibility index (Phi) is 2.56. The van der Waals surface area contributed by atoms with Crippen molar-refractivity contribution in [2.75, 3.05) is 18.0 Å². The lowest BCUT2D eigenvalue weighted by Gasteiger charge is -2.19. The van der Waals surface area contributed by atoms with Crippen LogP contribution in [0.3, 0.4) is 0 Å². The van der Waals surface area contributed by atoms with Crippen molar-refractivity contribution in [2.45, 2.75) is 12.5 Å². The number of hydrogen-bond donors (Lipinski definition) is 1. The third kappa shape index (κ3) is 1.86. The summed E-state index contributed by atoms with van der Waals surface area (Å²) in [5, 5.41) is 0. The molecule has 2 rings (SSSR count). The van der Waals surface area contributed by atoms with Crippen LogP contribution in [0.5, 0.6) is 0 Å². The highest BCUT2D eigenvalue weighted by Gasteiger charge is 2.20. The first-order chi connectivity index (χ1) is 6.27. The molecule has 0 radical (unpaired) electrons. The maximum Gasteiger partial charge on any atom is 0.0511 e. The van der Waals surface area contributed by atoms with Gasteiger partial charge in [-0.2, -0.15) is 0 Å². The molecule has 1 aliphatic heterocycles. The number of halogens is 1.